The molecule has 1 aliphatic rings. The van der Waals surface area contributed by atoms with Gasteiger partial charge in [-0.1, -0.05) is 17.7 Å². The summed E-state index contributed by atoms with van der Waals surface area (Å²) in [6, 6.07) is 8.61. The molecular weight excluding hydrogens is 329 g/mol. The van der Waals surface area contributed by atoms with Gasteiger partial charge in [0, 0.05) is 32.4 Å². The van der Waals surface area contributed by atoms with E-state index in [-0.39, 0.29) is 11.6 Å². The van der Waals surface area contributed by atoms with Crippen LogP contribution in [0, 0.1) is 11.7 Å². The molecule has 6 heteroatoms. The van der Waals surface area contributed by atoms with Gasteiger partial charge in [0.25, 0.3) is 0 Å². The van der Waals surface area contributed by atoms with Gasteiger partial charge in [0.1, 0.15) is 5.82 Å². The van der Waals surface area contributed by atoms with Gasteiger partial charge in [-0.05, 0) is 48.6 Å². The molecule has 0 aliphatic carbocycles. The first-order valence-electron chi connectivity index (χ1n) is 8.16. The van der Waals surface area contributed by atoms with Crippen LogP contribution in [0.4, 0.5) is 15.9 Å². The number of pyridine rings is 1. The van der Waals surface area contributed by atoms with Gasteiger partial charge >= 0.3 is 0 Å². The molecule has 2 N–H and O–H groups in total. The fourth-order valence-corrected chi connectivity index (χ4v) is 3.16. The molecule has 1 fully saturated rings. The molecule has 1 aromatic carbocycles. The molecule has 0 saturated carbocycles. The first-order valence-corrected chi connectivity index (χ1v) is 8.54. The van der Waals surface area contributed by atoms with Crippen LogP contribution in [0.1, 0.15) is 18.4 Å². The first-order chi connectivity index (χ1) is 11.7. The largest absolute Gasteiger partial charge is 0.396 e. The molecule has 2 aromatic rings. The Labute approximate surface area is 146 Å². The van der Waals surface area contributed by atoms with E-state index in [1.54, 1.807) is 18.3 Å². The van der Waals surface area contributed by atoms with E-state index in [2.05, 4.69) is 15.2 Å². The van der Waals surface area contributed by atoms with Crippen LogP contribution in [0.5, 0.6) is 0 Å². The number of piperidine rings is 1. The van der Waals surface area contributed by atoms with Crippen molar-refractivity contribution >= 4 is 23.1 Å². The highest BCUT2D eigenvalue weighted by Crippen LogP contribution is 2.28. The Morgan fingerprint density at radius 3 is 2.79 bits per heavy atom. The summed E-state index contributed by atoms with van der Waals surface area (Å²) < 4.78 is 13.2. The quantitative estimate of drug-likeness (QED) is 0.864. The maximum atomic E-state index is 13.2. The molecule has 3 rings (SSSR count). The smallest absolute Gasteiger partial charge is 0.151 e. The molecule has 0 spiro atoms. The number of hydrogen-bond donors (Lipinski definition) is 2. The van der Waals surface area contributed by atoms with Crippen LogP contribution in [0.2, 0.25) is 5.02 Å². The van der Waals surface area contributed by atoms with E-state index in [9.17, 15) is 9.50 Å². The molecule has 0 radical (unpaired) electrons. The summed E-state index contributed by atoms with van der Waals surface area (Å²) in [6.07, 6.45) is 3.73. The van der Waals surface area contributed by atoms with Crippen molar-refractivity contribution in [3.63, 3.8) is 0 Å². The molecule has 0 amide bonds. The van der Waals surface area contributed by atoms with Gasteiger partial charge < -0.3 is 15.3 Å². The molecule has 1 aromatic heterocycles. The Morgan fingerprint density at radius 2 is 2.08 bits per heavy atom. The molecule has 1 saturated heterocycles. The zero-order chi connectivity index (χ0) is 16.9. The van der Waals surface area contributed by atoms with Gasteiger partial charge in [-0.25, -0.2) is 9.37 Å². The van der Waals surface area contributed by atoms with E-state index in [0.717, 1.165) is 43.0 Å². The summed E-state index contributed by atoms with van der Waals surface area (Å²) in [7, 11) is 0. The van der Waals surface area contributed by atoms with Gasteiger partial charge in [0.2, 0.25) is 0 Å². The lowest BCUT2D eigenvalue weighted by Crippen LogP contribution is -2.35. The highest BCUT2D eigenvalue weighted by atomic mass is 35.5. The number of aliphatic hydroxyl groups excluding tert-OH is 1. The summed E-state index contributed by atoms with van der Waals surface area (Å²) in [5, 5.41) is 12.8. The van der Waals surface area contributed by atoms with Gasteiger partial charge in [-0.3, -0.25) is 0 Å². The molecular formula is C18H21ClFN3O. The number of halogens is 2. The third kappa shape index (κ3) is 3.97. The molecule has 128 valence electrons. The predicted octanol–water partition coefficient (Wildman–Crippen LogP) is 3.69. The third-order valence-corrected chi connectivity index (χ3v) is 4.72. The Hall–Kier alpha value is -1.85. The Balaban J connectivity index is 1.69. The highest BCUT2D eigenvalue weighted by molar-refractivity contribution is 6.30. The number of aliphatic hydroxyl groups is 1. The standard InChI is InChI=1S/C18H21ClFN3O/c19-15-10-14(3-4-16(15)20)11-22-17-2-1-7-21-18(17)23-8-5-13(12-24)6-9-23/h1-4,7,10,13,22,24H,5-6,8-9,11-12H2. The van der Waals surface area contributed by atoms with Crippen LogP contribution in [0.15, 0.2) is 36.5 Å². The zero-order valence-corrected chi connectivity index (χ0v) is 14.1. The van der Waals surface area contributed by atoms with Gasteiger partial charge in [0.05, 0.1) is 10.7 Å². The second-order valence-corrected chi connectivity index (χ2v) is 6.50. The Morgan fingerprint density at radius 1 is 1.29 bits per heavy atom. The predicted molar refractivity (Wildman–Crippen MR) is 95.0 cm³/mol. The van der Waals surface area contributed by atoms with Crippen LogP contribution >= 0.6 is 11.6 Å². The molecule has 0 unspecified atom stereocenters. The Kier molecular flexibility index (Phi) is 5.53. The van der Waals surface area contributed by atoms with Crippen molar-refractivity contribution in [1.82, 2.24) is 4.98 Å². The monoisotopic (exact) mass is 349 g/mol. The molecule has 0 bridgehead atoms. The third-order valence-electron chi connectivity index (χ3n) is 4.43. The van der Waals surface area contributed by atoms with E-state index in [4.69, 9.17) is 11.6 Å². The maximum Gasteiger partial charge on any atom is 0.151 e. The van der Waals surface area contributed by atoms with Crippen molar-refractivity contribution < 1.29 is 9.50 Å². The number of hydrogen-bond acceptors (Lipinski definition) is 4. The van der Waals surface area contributed by atoms with Crippen LogP contribution in [0.3, 0.4) is 0 Å². The van der Waals surface area contributed by atoms with Crippen LogP contribution < -0.4 is 10.2 Å². The minimum Gasteiger partial charge on any atom is -0.396 e. The van der Waals surface area contributed by atoms with E-state index in [1.165, 1.54) is 6.07 Å². The summed E-state index contributed by atoms with van der Waals surface area (Å²) >= 11 is 5.83. The SMILES string of the molecule is OCC1CCN(c2ncccc2NCc2ccc(F)c(Cl)c2)CC1. The fourth-order valence-electron chi connectivity index (χ4n) is 2.96. The lowest BCUT2D eigenvalue weighted by molar-refractivity contribution is 0.203. The van der Waals surface area contributed by atoms with Crippen molar-refractivity contribution in [2.75, 3.05) is 29.9 Å². The van der Waals surface area contributed by atoms with Crippen LogP contribution in [-0.4, -0.2) is 29.8 Å². The van der Waals surface area contributed by atoms with E-state index in [0.29, 0.717) is 12.5 Å². The zero-order valence-electron chi connectivity index (χ0n) is 13.4. The number of aromatic nitrogens is 1. The summed E-state index contributed by atoms with van der Waals surface area (Å²) in [6.45, 7) is 2.58. The number of anilines is 2. The normalized spacial score (nSPS) is 15.5. The average Bonchev–Trinajstić information content (AvgIpc) is 2.63. The van der Waals surface area contributed by atoms with Gasteiger partial charge in [-0.15, -0.1) is 0 Å². The second-order valence-electron chi connectivity index (χ2n) is 6.09. The summed E-state index contributed by atoms with van der Waals surface area (Å²) in [5.41, 5.74) is 1.86. The topological polar surface area (TPSA) is 48.4 Å². The maximum absolute atomic E-state index is 13.2. The van der Waals surface area contributed by atoms with Crippen LogP contribution in [-0.2, 0) is 6.54 Å². The molecule has 4 nitrogen and oxygen atoms in total. The highest BCUT2D eigenvalue weighted by Gasteiger charge is 2.21. The fraction of sp³-hybridized carbons (Fsp3) is 0.389. The van der Waals surface area contributed by atoms with Gasteiger partial charge in [0.15, 0.2) is 5.82 Å². The van der Waals surface area contributed by atoms with E-state index in [1.807, 2.05) is 12.1 Å². The number of rotatable bonds is 5. The van der Waals surface area contributed by atoms with Crippen molar-refractivity contribution in [3.8, 4) is 0 Å². The summed E-state index contributed by atoms with van der Waals surface area (Å²) in [5.74, 6) is 0.902. The van der Waals surface area contributed by atoms with Crippen molar-refractivity contribution in [1.29, 1.82) is 0 Å². The minimum atomic E-state index is -0.408. The van der Waals surface area contributed by atoms with Crippen molar-refractivity contribution in [3.05, 3.63) is 52.9 Å². The van der Waals surface area contributed by atoms with Crippen molar-refractivity contribution in [2.45, 2.75) is 19.4 Å². The minimum absolute atomic E-state index is 0.131. The molecule has 0 atom stereocenters. The van der Waals surface area contributed by atoms with E-state index < -0.39 is 5.82 Å². The van der Waals surface area contributed by atoms with Crippen molar-refractivity contribution in [2.24, 2.45) is 5.92 Å². The second kappa shape index (κ2) is 7.81. The molecule has 1 aliphatic heterocycles. The number of nitrogens with one attached hydrogen (secondary N) is 1. The van der Waals surface area contributed by atoms with E-state index >= 15 is 0 Å². The summed E-state index contributed by atoms with van der Waals surface area (Å²) in [4.78, 5) is 6.75. The lowest BCUT2D eigenvalue weighted by Gasteiger charge is -2.33. The molecule has 2 heterocycles. The number of benzene rings is 1. The molecule has 24 heavy (non-hydrogen) atoms. The van der Waals surface area contributed by atoms with Crippen LogP contribution in [0.25, 0.3) is 0 Å². The van der Waals surface area contributed by atoms with Gasteiger partial charge in [-0.2, -0.15) is 0 Å². The Bertz CT molecular complexity index is 690. The lowest BCUT2D eigenvalue weighted by atomic mass is 9.98. The number of nitrogens with zero attached hydrogens (tertiary/aromatic N) is 2. The first kappa shape index (κ1) is 17.0. The average molecular weight is 350 g/mol.